The van der Waals surface area contributed by atoms with Crippen molar-refractivity contribution in [2.24, 2.45) is 5.92 Å². The number of piperidine rings is 3. The molecule has 17 heavy (non-hydrogen) atoms. The van der Waals surface area contributed by atoms with Crippen LogP contribution >= 0.6 is 0 Å². The molecule has 0 aliphatic carbocycles. The van der Waals surface area contributed by atoms with Gasteiger partial charge in [0.1, 0.15) is 0 Å². The van der Waals surface area contributed by atoms with E-state index in [2.05, 4.69) is 18.7 Å². The quantitative estimate of drug-likeness (QED) is 0.758. The molecule has 3 fully saturated rings. The van der Waals surface area contributed by atoms with E-state index in [0.717, 1.165) is 18.9 Å². The van der Waals surface area contributed by atoms with Crippen molar-refractivity contribution in [1.82, 2.24) is 4.90 Å². The lowest BCUT2D eigenvalue weighted by Crippen LogP contribution is -2.69. The van der Waals surface area contributed by atoms with Crippen LogP contribution in [-0.4, -0.2) is 33.7 Å². The second-order valence-corrected chi connectivity index (χ2v) is 6.71. The van der Waals surface area contributed by atoms with Crippen molar-refractivity contribution in [3.63, 3.8) is 0 Å². The molecule has 0 radical (unpaired) electrons. The number of aliphatic hydroxyl groups excluding tert-OH is 1. The van der Waals surface area contributed by atoms with Gasteiger partial charge in [0.2, 0.25) is 0 Å². The third-order valence-corrected chi connectivity index (χ3v) is 5.89. The Bertz CT molecular complexity index is 291. The fourth-order valence-corrected chi connectivity index (χ4v) is 5.29. The summed E-state index contributed by atoms with van der Waals surface area (Å²) in [5.41, 5.74) is 0.292. The first-order valence-electron chi connectivity index (χ1n) is 7.63. The van der Waals surface area contributed by atoms with Crippen molar-refractivity contribution in [3.8, 4) is 0 Å². The molecule has 0 aromatic rings. The van der Waals surface area contributed by atoms with Gasteiger partial charge in [0.25, 0.3) is 0 Å². The summed E-state index contributed by atoms with van der Waals surface area (Å²) in [7, 11) is 0. The van der Waals surface area contributed by atoms with Gasteiger partial charge in [-0.3, -0.25) is 4.90 Å². The minimum atomic E-state index is -0.0527. The van der Waals surface area contributed by atoms with Gasteiger partial charge in [-0.05, 0) is 45.4 Å². The van der Waals surface area contributed by atoms with Crippen LogP contribution in [0, 0.1) is 5.92 Å². The van der Waals surface area contributed by atoms with Gasteiger partial charge in [-0.1, -0.05) is 19.8 Å². The molecule has 0 aromatic heterocycles. The summed E-state index contributed by atoms with van der Waals surface area (Å²) in [4.78, 5) is 2.85. The Morgan fingerprint density at radius 1 is 1.18 bits per heavy atom. The maximum absolute atomic E-state index is 10.5. The van der Waals surface area contributed by atoms with E-state index in [-0.39, 0.29) is 6.10 Å². The highest BCUT2D eigenvalue weighted by molar-refractivity contribution is 5.08. The predicted molar refractivity (Wildman–Crippen MR) is 69.9 cm³/mol. The molecule has 3 saturated heterocycles. The average molecular weight is 237 g/mol. The summed E-state index contributed by atoms with van der Waals surface area (Å²) in [6.45, 7) is 4.70. The summed E-state index contributed by atoms with van der Waals surface area (Å²) in [5, 5.41) is 10.5. The molecular weight excluding hydrogens is 210 g/mol. The molecule has 0 bridgehead atoms. The van der Waals surface area contributed by atoms with Crippen LogP contribution in [0.4, 0.5) is 0 Å². The highest BCUT2D eigenvalue weighted by atomic mass is 16.3. The van der Waals surface area contributed by atoms with Crippen molar-refractivity contribution < 1.29 is 5.11 Å². The standard InChI is InChI=1S/C15H27NO/c1-3-13-14(17)10-12-7-4-6-11-8-5-9-15(13,2)16(11)12/h11-14,17H,3-10H2,1-2H3/t11-,12+,13-,14+,15-/m1/s1. The SMILES string of the molecule is CC[C@@H]1[C@@H](O)C[C@@H]2CCC[C@@H]3CCC[C@@]1(C)N32. The van der Waals surface area contributed by atoms with E-state index in [0.29, 0.717) is 17.5 Å². The Kier molecular flexibility index (Phi) is 2.99. The van der Waals surface area contributed by atoms with E-state index in [1.54, 1.807) is 0 Å². The van der Waals surface area contributed by atoms with Gasteiger partial charge >= 0.3 is 0 Å². The fourth-order valence-electron chi connectivity index (χ4n) is 5.29. The lowest BCUT2D eigenvalue weighted by atomic mass is 9.64. The van der Waals surface area contributed by atoms with Gasteiger partial charge in [-0.25, -0.2) is 0 Å². The number of rotatable bonds is 1. The minimum Gasteiger partial charge on any atom is -0.393 e. The molecule has 5 atom stereocenters. The van der Waals surface area contributed by atoms with Gasteiger partial charge in [0, 0.05) is 23.5 Å². The smallest absolute Gasteiger partial charge is 0.0600 e. The normalized spacial score (nSPS) is 51.0. The van der Waals surface area contributed by atoms with E-state index in [4.69, 9.17) is 0 Å². The molecule has 3 heterocycles. The summed E-state index contributed by atoms with van der Waals surface area (Å²) in [6.07, 6.45) is 10.3. The lowest BCUT2D eigenvalue weighted by molar-refractivity contribution is -0.155. The monoisotopic (exact) mass is 237 g/mol. The fraction of sp³-hybridized carbons (Fsp3) is 1.00. The molecule has 2 heteroatoms. The van der Waals surface area contributed by atoms with Gasteiger partial charge in [-0.15, -0.1) is 0 Å². The predicted octanol–water partition coefficient (Wildman–Crippen LogP) is 2.94. The minimum absolute atomic E-state index is 0.0527. The van der Waals surface area contributed by atoms with Gasteiger partial charge in [-0.2, -0.15) is 0 Å². The third-order valence-electron chi connectivity index (χ3n) is 5.89. The summed E-state index contributed by atoms with van der Waals surface area (Å²) in [5.74, 6) is 0.500. The van der Waals surface area contributed by atoms with Crippen LogP contribution in [0.25, 0.3) is 0 Å². The van der Waals surface area contributed by atoms with E-state index in [1.165, 1.54) is 38.5 Å². The molecule has 3 rings (SSSR count). The van der Waals surface area contributed by atoms with Gasteiger partial charge < -0.3 is 5.11 Å². The van der Waals surface area contributed by atoms with E-state index >= 15 is 0 Å². The highest BCUT2D eigenvalue weighted by Gasteiger charge is 2.53. The van der Waals surface area contributed by atoms with Crippen LogP contribution in [0.3, 0.4) is 0 Å². The van der Waals surface area contributed by atoms with E-state index < -0.39 is 0 Å². The van der Waals surface area contributed by atoms with Gasteiger partial charge in [0.05, 0.1) is 6.10 Å². The summed E-state index contributed by atoms with van der Waals surface area (Å²) in [6, 6.07) is 1.51. The summed E-state index contributed by atoms with van der Waals surface area (Å²) >= 11 is 0. The zero-order valence-corrected chi connectivity index (χ0v) is 11.4. The molecule has 98 valence electrons. The first-order valence-corrected chi connectivity index (χ1v) is 7.63. The molecule has 3 aliphatic rings. The van der Waals surface area contributed by atoms with Crippen molar-refractivity contribution in [2.75, 3.05) is 0 Å². The first-order chi connectivity index (χ1) is 8.16. The Morgan fingerprint density at radius 3 is 2.65 bits per heavy atom. The maximum Gasteiger partial charge on any atom is 0.0600 e. The first kappa shape index (κ1) is 12.0. The Labute approximate surface area is 105 Å². The maximum atomic E-state index is 10.5. The van der Waals surface area contributed by atoms with E-state index in [1.807, 2.05) is 0 Å². The van der Waals surface area contributed by atoms with Crippen molar-refractivity contribution in [2.45, 2.75) is 88.9 Å². The van der Waals surface area contributed by atoms with Crippen molar-refractivity contribution in [3.05, 3.63) is 0 Å². The second kappa shape index (κ2) is 4.24. The van der Waals surface area contributed by atoms with Crippen LogP contribution in [0.2, 0.25) is 0 Å². The number of nitrogens with zero attached hydrogens (tertiary/aromatic N) is 1. The van der Waals surface area contributed by atoms with Crippen LogP contribution in [0.15, 0.2) is 0 Å². The molecule has 0 amide bonds. The molecule has 0 aromatic carbocycles. The average Bonchev–Trinajstić information content (AvgIpc) is 2.29. The Balaban J connectivity index is 1.95. The zero-order chi connectivity index (χ0) is 12.0. The third kappa shape index (κ3) is 1.67. The molecule has 1 N–H and O–H groups in total. The van der Waals surface area contributed by atoms with Crippen molar-refractivity contribution >= 4 is 0 Å². The van der Waals surface area contributed by atoms with Crippen LogP contribution in [0.1, 0.15) is 65.2 Å². The Hall–Kier alpha value is -0.0800. The molecule has 3 aliphatic heterocycles. The topological polar surface area (TPSA) is 23.5 Å². The largest absolute Gasteiger partial charge is 0.393 e. The van der Waals surface area contributed by atoms with Crippen LogP contribution in [-0.2, 0) is 0 Å². The number of aliphatic hydroxyl groups is 1. The molecule has 0 unspecified atom stereocenters. The number of hydrogen-bond acceptors (Lipinski definition) is 2. The van der Waals surface area contributed by atoms with Crippen molar-refractivity contribution in [1.29, 1.82) is 0 Å². The molecular formula is C15H27NO. The molecule has 0 spiro atoms. The van der Waals surface area contributed by atoms with Gasteiger partial charge in [0.15, 0.2) is 0 Å². The zero-order valence-electron chi connectivity index (χ0n) is 11.4. The highest BCUT2D eigenvalue weighted by Crippen LogP contribution is 2.50. The molecule has 2 nitrogen and oxygen atoms in total. The Morgan fingerprint density at radius 2 is 1.88 bits per heavy atom. The molecule has 0 saturated carbocycles. The number of hydrogen-bond donors (Lipinski definition) is 1. The van der Waals surface area contributed by atoms with Crippen LogP contribution < -0.4 is 0 Å². The second-order valence-electron chi connectivity index (χ2n) is 6.71. The lowest BCUT2D eigenvalue weighted by Gasteiger charge is -2.63. The van der Waals surface area contributed by atoms with Crippen LogP contribution in [0.5, 0.6) is 0 Å². The van der Waals surface area contributed by atoms with E-state index in [9.17, 15) is 5.11 Å². The summed E-state index contributed by atoms with van der Waals surface area (Å²) < 4.78 is 0.